The molecule has 0 unspecified atom stereocenters. The van der Waals surface area contributed by atoms with Gasteiger partial charge in [0.1, 0.15) is 0 Å². The van der Waals surface area contributed by atoms with Crippen LogP contribution in [0.5, 0.6) is 0 Å². The molecule has 1 nitrogen and oxygen atoms in total. The summed E-state index contributed by atoms with van der Waals surface area (Å²) in [5.41, 5.74) is 1.36. The van der Waals surface area contributed by atoms with E-state index in [9.17, 15) is 0 Å². The number of rotatable bonds is 5. The van der Waals surface area contributed by atoms with Crippen LogP contribution in [-0.4, -0.2) is 13.1 Å². The fourth-order valence-electron chi connectivity index (χ4n) is 1.25. The van der Waals surface area contributed by atoms with Gasteiger partial charge in [-0.05, 0) is 43.6 Å². The second-order valence-corrected chi connectivity index (χ2v) is 3.52. The van der Waals surface area contributed by atoms with E-state index in [1.54, 1.807) is 0 Å². The third-order valence-corrected chi connectivity index (χ3v) is 2.23. The van der Waals surface area contributed by atoms with Gasteiger partial charge >= 0.3 is 0 Å². The van der Waals surface area contributed by atoms with E-state index in [1.165, 1.54) is 12.0 Å². The monoisotopic (exact) mass is 197 g/mol. The number of benzene rings is 1. The van der Waals surface area contributed by atoms with E-state index < -0.39 is 0 Å². The first-order valence-corrected chi connectivity index (χ1v) is 5.16. The summed E-state index contributed by atoms with van der Waals surface area (Å²) in [7, 11) is 0. The van der Waals surface area contributed by atoms with Gasteiger partial charge in [0, 0.05) is 5.02 Å². The van der Waals surface area contributed by atoms with Gasteiger partial charge in [0.2, 0.25) is 0 Å². The average molecular weight is 198 g/mol. The van der Waals surface area contributed by atoms with Crippen LogP contribution in [0, 0.1) is 0 Å². The molecule has 1 aromatic carbocycles. The maximum absolute atomic E-state index is 5.78. The lowest BCUT2D eigenvalue weighted by molar-refractivity contribution is 0.673. The molecule has 0 spiro atoms. The van der Waals surface area contributed by atoms with Crippen molar-refractivity contribution in [3.05, 3.63) is 34.9 Å². The molecule has 72 valence electrons. The molecule has 0 aliphatic rings. The molecular formula is C11H16ClN. The van der Waals surface area contributed by atoms with Crippen molar-refractivity contribution in [1.29, 1.82) is 0 Å². The predicted molar refractivity (Wildman–Crippen MR) is 58.3 cm³/mol. The van der Waals surface area contributed by atoms with Crippen molar-refractivity contribution in [2.24, 2.45) is 0 Å². The molecule has 2 heteroatoms. The van der Waals surface area contributed by atoms with E-state index in [0.717, 1.165) is 24.5 Å². The van der Waals surface area contributed by atoms with E-state index >= 15 is 0 Å². The van der Waals surface area contributed by atoms with Crippen LogP contribution >= 0.6 is 11.6 Å². The highest BCUT2D eigenvalue weighted by Gasteiger charge is 1.92. The highest BCUT2D eigenvalue weighted by atomic mass is 35.5. The highest BCUT2D eigenvalue weighted by molar-refractivity contribution is 6.30. The van der Waals surface area contributed by atoms with Crippen molar-refractivity contribution >= 4 is 11.6 Å². The average Bonchev–Trinajstić information content (AvgIpc) is 2.15. The van der Waals surface area contributed by atoms with Gasteiger partial charge in [-0.2, -0.15) is 0 Å². The zero-order chi connectivity index (χ0) is 9.52. The summed E-state index contributed by atoms with van der Waals surface area (Å²) < 4.78 is 0. The number of hydrogen-bond donors (Lipinski definition) is 1. The Balaban J connectivity index is 2.25. The minimum atomic E-state index is 0.815. The molecule has 0 heterocycles. The molecule has 0 amide bonds. The topological polar surface area (TPSA) is 12.0 Å². The number of nitrogens with one attached hydrogen (secondary N) is 1. The molecule has 0 bridgehead atoms. The maximum atomic E-state index is 5.78. The fraction of sp³-hybridized carbons (Fsp3) is 0.455. The Morgan fingerprint density at radius 2 is 1.92 bits per heavy atom. The largest absolute Gasteiger partial charge is 0.317 e. The lowest BCUT2D eigenvalue weighted by Gasteiger charge is -2.02. The molecule has 1 aromatic rings. The van der Waals surface area contributed by atoms with Crippen molar-refractivity contribution in [3.8, 4) is 0 Å². The molecule has 0 aliphatic heterocycles. The van der Waals surface area contributed by atoms with Crippen molar-refractivity contribution < 1.29 is 0 Å². The fourth-order valence-corrected chi connectivity index (χ4v) is 1.37. The van der Waals surface area contributed by atoms with Gasteiger partial charge in [-0.25, -0.2) is 0 Å². The summed E-state index contributed by atoms with van der Waals surface area (Å²) in [5, 5.41) is 4.12. The first-order chi connectivity index (χ1) is 6.33. The Labute approximate surface area is 85.1 Å². The molecule has 1 rings (SSSR count). The molecule has 13 heavy (non-hydrogen) atoms. The van der Waals surface area contributed by atoms with Crippen LogP contribution in [0.2, 0.25) is 5.02 Å². The van der Waals surface area contributed by atoms with Gasteiger partial charge in [-0.15, -0.1) is 0 Å². The summed E-state index contributed by atoms with van der Waals surface area (Å²) in [6.07, 6.45) is 2.32. The van der Waals surface area contributed by atoms with Crippen LogP contribution in [0.1, 0.15) is 18.9 Å². The Bertz CT molecular complexity index is 230. The smallest absolute Gasteiger partial charge is 0.0406 e. The Morgan fingerprint density at radius 1 is 1.23 bits per heavy atom. The Kier molecular flexibility index (Phi) is 4.87. The van der Waals surface area contributed by atoms with Crippen molar-refractivity contribution in [3.63, 3.8) is 0 Å². The van der Waals surface area contributed by atoms with Crippen molar-refractivity contribution in [2.75, 3.05) is 13.1 Å². The second kappa shape index (κ2) is 6.01. The summed E-state index contributed by atoms with van der Waals surface area (Å²) in [4.78, 5) is 0. The summed E-state index contributed by atoms with van der Waals surface area (Å²) in [6.45, 7) is 4.28. The van der Waals surface area contributed by atoms with Crippen LogP contribution in [0.4, 0.5) is 0 Å². The van der Waals surface area contributed by atoms with Crippen molar-refractivity contribution in [1.82, 2.24) is 5.32 Å². The van der Waals surface area contributed by atoms with Gasteiger partial charge in [0.25, 0.3) is 0 Å². The van der Waals surface area contributed by atoms with E-state index in [-0.39, 0.29) is 0 Å². The van der Waals surface area contributed by atoms with Gasteiger partial charge in [-0.1, -0.05) is 30.7 Å². The van der Waals surface area contributed by atoms with Gasteiger partial charge in [0.15, 0.2) is 0 Å². The SMILES string of the molecule is CCNCCCc1ccc(Cl)cc1. The first-order valence-electron chi connectivity index (χ1n) is 4.78. The third kappa shape index (κ3) is 4.30. The highest BCUT2D eigenvalue weighted by Crippen LogP contribution is 2.10. The van der Waals surface area contributed by atoms with E-state index in [4.69, 9.17) is 11.6 Å². The molecule has 0 aliphatic carbocycles. The van der Waals surface area contributed by atoms with E-state index in [1.807, 2.05) is 12.1 Å². The van der Waals surface area contributed by atoms with Crippen LogP contribution in [0.25, 0.3) is 0 Å². The second-order valence-electron chi connectivity index (χ2n) is 3.08. The Hall–Kier alpha value is -0.530. The zero-order valence-electron chi connectivity index (χ0n) is 8.02. The minimum Gasteiger partial charge on any atom is -0.317 e. The van der Waals surface area contributed by atoms with Crippen LogP contribution in [0.15, 0.2) is 24.3 Å². The minimum absolute atomic E-state index is 0.815. The number of hydrogen-bond acceptors (Lipinski definition) is 1. The molecule has 0 saturated carbocycles. The van der Waals surface area contributed by atoms with E-state index in [0.29, 0.717) is 0 Å². The van der Waals surface area contributed by atoms with Crippen LogP contribution in [0.3, 0.4) is 0 Å². The van der Waals surface area contributed by atoms with Gasteiger partial charge in [-0.3, -0.25) is 0 Å². The Morgan fingerprint density at radius 3 is 2.54 bits per heavy atom. The molecule has 0 fully saturated rings. The first kappa shape index (κ1) is 10.6. The van der Waals surface area contributed by atoms with Crippen LogP contribution < -0.4 is 5.32 Å². The van der Waals surface area contributed by atoms with Crippen molar-refractivity contribution in [2.45, 2.75) is 19.8 Å². The molecule has 0 saturated heterocycles. The van der Waals surface area contributed by atoms with E-state index in [2.05, 4.69) is 24.4 Å². The molecule has 0 atom stereocenters. The molecular weight excluding hydrogens is 182 g/mol. The quantitative estimate of drug-likeness (QED) is 0.716. The standard InChI is InChI=1S/C11H16ClN/c1-2-13-9-3-4-10-5-7-11(12)8-6-10/h5-8,13H,2-4,9H2,1H3. The lowest BCUT2D eigenvalue weighted by Crippen LogP contribution is -2.14. The van der Waals surface area contributed by atoms with Gasteiger partial charge in [0.05, 0.1) is 0 Å². The number of halogens is 1. The number of aryl methyl sites for hydroxylation is 1. The summed E-state index contributed by atoms with van der Waals surface area (Å²) in [5.74, 6) is 0. The lowest BCUT2D eigenvalue weighted by atomic mass is 10.1. The van der Waals surface area contributed by atoms with Crippen LogP contribution in [-0.2, 0) is 6.42 Å². The summed E-state index contributed by atoms with van der Waals surface area (Å²) in [6, 6.07) is 8.08. The predicted octanol–water partition coefficient (Wildman–Crippen LogP) is 2.88. The van der Waals surface area contributed by atoms with Gasteiger partial charge < -0.3 is 5.32 Å². The zero-order valence-corrected chi connectivity index (χ0v) is 8.77. The normalized spacial score (nSPS) is 10.3. The molecule has 1 N–H and O–H groups in total. The molecule has 0 radical (unpaired) electrons. The molecule has 0 aromatic heterocycles. The maximum Gasteiger partial charge on any atom is 0.0406 e. The third-order valence-electron chi connectivity index (χ3n) is 1.98. The summed E-state index contributed by atoms with van der Waals surface area (Å²) >= 11 is 5.78.